The van der Waals surface area contributed by atoms with Gasteiger partial charge in [-0.05, 0) is 47.7 Å². The van der Waals surface area contributed by atoms with Crippen LogP contribution >= 0.6 is 23.4 Å². The van der Waals surface area contributed by atoms with Gasteiger partial charge in [0, 0.05) is 16.7 Å². The molecule has 1 aliphatic rings. The van der Waals surface area contributed by atoms with Gasteiger partial charge >= 0.3 is 0 Å². The number of thioether (sulfide) groups is 1. The van der Waals surface area contributed by atoms with Crippen molar-refractivity contribution in [1.82, 2.24) is 5.32 Å². The van der Waals surface area contributed by atoms with Gasteiger partial charge in [-0.25, -0.2) is 0 Å². The van der Waals surface area contributed by atoms with Gasteiger partial charge in [-0.1, -0.05) is 23.7 Å². The number of nitrogens with one attached hydrogen (secondary N) is 1. The van der Waals surface area contributed by atoms with Crippen molar-refractivity contribution in [3.8, 4) is 11.5 Å². The van der Waals surface area contributed by atoms with E-state index in [1.807, 2.05) is 12.1 Å². The van der Waals surface area contributed by atoms with Crippen molar-refractivity contribution in [1.29, 1.82) is 0 Å². The maximum absolute atomic E-state index is 12.0. The fourth-order valence-electron chi connectivity index (χ4n) is 1.97. The van der Waals surface area contributed by atoms with Gasteiger partial charge in [-0.15, -0.1) is 5.10 Å². The molecule has 3 rings (SSSR count). The molecule has 8 heteroatoms. The summed E-state index contributed by atoms with van der Waals surface area (Å²) in [6.45, 7) is 0. The summed E-state index contributed by atoms with van der Waals surface area (Å²) in [6.07, 6.45) is 3.06. The molecule has 0 bridgehead atoms. The van der Waals surface area contributed by atoms with E-state index < -0.39 is 0 Å². The number of carbonyl (C=O) groups excluding carboxylic acids is 1. The summed E-state index contributed by atoms with van der Waals surface area (Å²) in [5, 5.41) is 30.2. The van der Waals surface area contributed by atoms with Crippen LogP contribution in [0.3, 0.4) is 0 Å². The number of amides is 1. The van der Waals surface area contributed by atoms with E-state index in [1.54, 1.807) is 18.2 Å². The van der Waals surface area contributed by atoms with Crippen LogP contribution < -0.4 is 5.32 Å². The maximum atomic E-state index is 12.0. The van der Waals surface area contributed by atoms with Crippen molar-refractivity contribution in [2.24, 2.45) is 10.2 Å². The van der Waals surface area contributed by atoms with Gasteiger partial charge in [-0.2, -0.15) is 5.10 Å². The number of amidine groups is 1. The number of phenolic OH excluding ortho intramolecular Hbond substituents is 2. The molecule has 0 saturated carbocycles. The number of aromatic hydroxyl groups is 2. The number of rotatable bonds is 3. The Morgan fingerprint density at radius 2 is 1.88 bits per heavy atom. The molecule has 0 radical (unpaired) electrons. The van der Waals surface area contributed by atoms with Crippen LogP contribution in [0.4, 0.5) is 0 Å². The first-order valence-electron chi connectivity index (χ1n) is 7.11. The monoisotopic (exact) mass is 373 g/mol. The predicted molar refractivity (Wildman–Crippen MR) is 100.0 cm³/mol. The number of nitrogens with zero attached hydrogens (tertiary/aromatic N) is 2. The van der Waals surface area contributed by atoms with E-state index in [9.17, 15) is 15.0 Å². The Bertz CT molecular complexity index is 908. The Morgan fingerprint density at radius 1 is 1.12 bits per heavy atom. The molecule has 25 heavy (non-hydrogen) atoms. The molecule has 1 heterocycles. The third-order valence-corrected chi connectivity index (χ3v) is 4.33. The van der Waals surface area contributed by atoms with E-state index in [1.165, 1.54) is 24.4 Å². The van der Waals surface area contributed by atoms with Crippen molar-refractivity contribution in [2.75, 3.05) is 0 Å². The summed E-state index contributed by atoms with van der Waals surface area (Å²) >= 11 is 7.00. The summed E-state index contributed by atoms with van der Waals surface area (Å²) in [5.74, 6) is -0.423. The first-order valence-corrected chi connectivity index (χ1v) is 8.30. The standard InChI is InChI=1S/C17H12ClN3O3S/c18-12-4-1-10(2-5-12)7-15-16(24)20-17(25-15)21-19-9-11-3-6-13(22)8-14(11)23/h1-9,22-23H,(H,20,21,24)/b15-7+,19-9+. The number of phenols is 2. The maximum Gasteiger partial charge on any atom is 0.264 e. The van der Waals surface area contributed by atoms with Gasteiger partial charge in [0.05, 0.1) is 11.1 Å². The molecule has 126 valence electrons. The van der Waals surface area contributed by atoms with Gasteiger partial charge in [0.25, 0.3) is 5.91 Å². The van der Waals surface area contributed by atoms with Gasteiger partial charge in [0.2, 0.25) is 0 Å². The third kappa shape index (κ3) is 4.40. The zero-order valence-electron chi connectivity index (χ0n) is 12.7. The second-order valence-electron chi connectivity index (χ2n) is 5.01. The number of halogens is 1. The van der Waals surface area contributed by atoms with E-state index in [4.69, 9.17) is 11.6 Å². The SMILES string of the molecule is O=C1N/C(=N\N=C\c2ccc(O)cc2O)S/C1=C/c1ccc(Cl)cc1. The van der Waals surface area contributed by atoms with Crippen LogP contribution in [0.15, 0.2) is 57.6 Å². The van der Waals surface area contributed by atoms with Crippen LogP contribution in [0.25, 0.3) is 6.08 Å². The van der Waals surface area contributed by atoms with E-state index in [0.29, 0.717) is 20.7 Å². The molecule has 2 aromatic rings. The van der Waals surface area contributed by atoms with Gasteiger partial charge in [0.15, 0.2) is 5.17 Å². The normalized spacial score (nSPS) is 17.6. The van der Waals surface area contributed by atoms with Crippen molar-refractivity contribution in [3.63, 3.8) is 0 Å². The van der Waals surface area contributed by atoms with Crippen LogP contribution in [0.5, 0.6) is 11.5 Å². The van der Waals surface area contributed by atoms with Crippen LogP contribution in [0, 0.1) is 0 Å². The summed E-state index contributed by atoms with van der Waals surface area (Å²) in [6, 6.07) is 11.2. The smallest absolute Gasteiger partial charge is 0.264 e. The van der Waals surface area contributed by atoms with Crippen LogP contribution in [0.1, 0.15) is 11.1 Å². The summed E-state index contributed by atoms with van der Waals surface area (Å²) in [5.41, 5.74) is 1.24. The lowest BCUT2D eigenvalue weighted by Gasteiger charge is -1.97. The highest BCUT2D eigenvalue weighted by Gasteiger charge is 2.23. The number of benzene rings is 2. The Hall–Kier alpha value is -2.77. The fraction of sp³-hybridized carbons (Fsp3) is 0. The van der Waals surface area contributed by atoms with Crippen LogP contribution in [0.2, 0.25) is 5.02 Å². The number of hydrogen-bond acceptors (Lipinski definition) is 6. The zero-order chi connectivity index (χ0) is 17.8. The van der Waals surface area contributed by atoms with Crippen molar-refractivity contribution in [3.05, 3.63) is 63.5 Å². The predicted octanol–water partition coefficient (Wildman–Crippen LogP) is 3.35. The Kier molecular flexibility index (Phi) is 5.06. The lowest BCUT2D eigenvalue weighted by Crippen LogP contribution is -2.19. The van der Waals surface area contributed by atoms with Crippen molar-refractivity contribution in [2.45, 2.75) is 0 Å². The molecule has 0 atom stereocenters. The third-order valence-electron chi connectivity index (χ3n) is 3.18. The molecule has 6 nitrogen and oxygen atoms in total. The molecule has 0 unspecified atom stereocenters. The van der Waals surface area contributed by atoms with Crippen molar-refractivity contribution >= 4 is 46.7 Å². The molecular formula is C17H12ClN3O3S. The molecule has 3 N–H and O–H groups in total. The molecule has 0 aromatic heterocycles. The highest BCUT2D eigenvalue weighted by Crippen LogP contribution is 2.26. The first kappa shape index (κ1) is 17.1. The minimum atomic E-state index is -0.263. The largest absolute Gasteiger partial charge is 0.508 e. The molecule has 1 amide bonds. The summed E-state index contributed by atoms with van der Waals surface area (Å²) in [4.78, 5) is 12.4. The summed E-state index contributed by atoms with van der Waals surface area (Å²) < 4.78 is 0. The Balaban J connectivity index is 1.72. The van der Waals surface area contributed by atoms with Gasteiger partial charge < -0.3 is 10.2 Å². The highest BCUT2D eigenvalue weighted by molar-refractivity contribution is 8.18. The average molecular weight is 374 g/mol. The van der Waals surface area contributed by atoms with Crippen LogP contribution in [-0.4, -0.2) is 27.5 Å². The van der Waals surface area contributed by atoms with Crippen LogP contribution in [-0.2, 0) is 4.79 Å². The van der Waals surface area contributed by atoms with E-state index >= 15 is 0 Å². The Morgan fingerprint density at radius 3 is 2.60 bits per heavy atom. The quantitative estimate of drug-likeness (QED) is 0.437. The van der Waals surface area contributed by atoms with E-state index in [0.717, 1.165) is 17.3 Å². The van der Waals surface area contributed by atoms with E-state index in [-0.39, 0.29) is 17.4 Å². The first-order chi connectivity index (χ1) is 12.0. The zero-order valence-corrected chi connectivity index (χ0v) is 14.3. The second kappa shape index (κ2) is 7.42. The number of carbonyl (C=O) groups is 1. The molecule has 0 spiro atoms. The molecule has 1 saturated heterocycles. The molecule has 2 aromatic carbocycles. The van der Waals surface area contributed by atoms with Crippen molar-refractivity contribution < 1.29 is 15.0 Å². The second-order valence-corrected chi connectivity index (χ2v) is 6.48. The van der Waals surface area contributed by atoms with Gasteiger partial charge in [0.1, 0.15) is 11.5 Å². The van der Waals surface area contributed by atoms with Gasteiger partial charge in [-0.3, -0.25) is 10.1 Å². The Labute approximate surface area is 152 Å². The topological polar surface area (TPSA) is 94.3 Å². The molecule has 1 aliphatic heterocycles. The molecular weight excluding hydrogens is 362 g/mol. The lowest BCUT2D eigenvalue weighted by atomic mass is 10.2. The molecule has 0 aliphatic carbocycles. The summed E-state index contributed by atoms with van der Waals surface area (Å²) in [7, 11) is 0. The van der Waals surface area contributed by atoms with E-state index in [2.05, 4.69) is 15.5 Å². The average Bonchev–Trinajstić information content (AvgIpc) is 2.91. The fourth-order valence-corrected chi connectivity index (χ4v) is 2.88. The minimum absolute atomic E-state index is 0.0449. The molecule has 1 fully saturated rings. The highest BCUT2D eigenvalue weighted by atomic mass is 35.5. The number of hydrogen-bond donors (Lipinski definition) is 3. The minimum Gasteiger partial charge on any atom is -0.508 e. The lowest BCUT2D eigenvalue weighted by molar-refractivity contribution is -0.115.